The van der Waals surface area contributed by atoms with Crippen molar-refractivity contribution in [3.63, 3.8) is 0 Å². The Kier molecular flexibility index (Phi) is 23.2. The standard InChI is InChI=1S/2C30H25NO4.2C29H23NO4/c1-17-14-15-26(34-25-13-7-9-19-8-3-4-11-21(19)25)27-22(30(32)33)16-23(31-28(17)27)29-18(2)20-10-5-6-12-24(20)35-29;1-17-11-14-26(34-21-13-12-19-7-3-4-8-20(19)15-21)27-23(30(32)33)16-24(31-28(17)27)29-18(2)22-9-5-6-10-25(22)35-29;2*1-16-11-13-25(33-24-14-12-18-7-3-4-9-20(18)24)26-21(29(31)32)15-22(30-27(16)26)28-17(2)19-8-5-6-10-23(19)34-28/h3-6,8,10-12,14-16,25H,7,9,13H2,1-2H3,(H,32,33);3-11,14,16,21H,12-13,15H2,1-2H3,(H,32,33);2*3-11,13,15,24H,12,14H2,1-2H3,(H,31,32)/t25-;21-;2*24-/m1010/s1. The molecule has 4 atom stereocenters. The summed E-state index contributed by atoms with van der Waals surface area (Å²) in [6, 6.07) is 86.0. The minimum absolute atomic E-state index is 0.0188. The molecule has 0 radical (unpaired) electrons. The van der Waals surface area contributed by atoms with Crippen LogP contribution in [0.15, 0.2) is 285 Å². The fourth-order valence-corrected chi connectivity index (χ4v) is 20.5. The Morgan fingerprint density at radius 1 is 0.283 bits per heavy atom. The minimum Gasteiger partial charge on any atom is -0.489 e. The van der Waals surface area contributed by atoms with Crippen molar-refractivity contribution in [3.8, 4) is 68.8 Å². The van der Waals surface area contributed by atoms with Gasteiger partial charge in [-0.3, -0.25) is 0 Å². The maximum atomic E-state index is 12.5. The van der Waals surface area contributed by atoms with E-state index >= 15 is 0 Å². The van der Waals surface area contributed by atoms with Crippen molar-refractivity contribution in [2.24, 2.45) is 0 Å². The van der Waals surface area contributed by atoms with Gasteiger partial charge in [-0.2, -0.15) is 0 Å². The molecule has 138 heavy (non-hydrogen) atoms. The molecule has 0 fully saturated rings. The van der Waals surface area contributed by atoms with Crippen molar-refractivity contribution < 1.29 is 76.2 Å². The number of carboxylic acids is 4. The molecule has 12 aromatic carbocycles. The molecule has 8 heterocycles. The van der Waals surface area contributed by atoms with E-state index in [2.05, 4.69) is 66.7 Å². The summed E-state index contributed by atoms with van der Waals surface area (Å²) in [5, 5.41) is 46.9. The molecule has 8 aromatic heterocycles. The molecule has 0 spiro atoms. The first-order valence-corrected chi connectivity index (χ1v) is 46.6. The number of furan rings is 4. The van der Waals surface area contributed by atoms with Crippen molar-refractivity contribution in [1.82, 2.24) is 19.9 Å². The Hall–Kier alpha value is -16.5. The molecule has 20 nitrogen and oxygen atoms in total. The molecule has 684 valence electrons. The summed E-state index contributed by atoms with van der Waals surface area (Å²) in [6.45, 7) is 15.6. The van der Waals surface area contributed by atoms with Crippen LogP contribution < -0.4 is 18.9 Å². The highest BCUT2D eigenvalue weighted by Gasteiger charge is 2.34. The third-order valence-electron chi connectivity index (χ3n) is 27.6. The smallest absolute Gasteiger partial charge is 0.336 e. The van der Waals surface area contributed by atoms with Gasteiger partial charge in [0.1, 0.15) is 92.5 Å². The highest BCUT2D eigenvalue weighted by Crippen LogP contribution is 2.48. The normalized spacial score (nSPS) is 15.2. The molecule has 4 aliphatic carbocycles. The highest BCUT2D eigenvalue weighted by atomic mass is 16.5. The van der Waals surface area contributed by atoms with Crippen molar-refractivity contribution in [1.29, 1.82) is 0 Å². The zero-order valence-electron chi connectivity index (χ0n) is 77.3. The van der Waals surface area contributed by atoms with Gasteiger partial charge in [-0.15, -0.1) is 0 Å². The summed E-state index contributed by atoms with van der Waals surface area (Å²) in [7, 11) is 0. The molecule has 20 aromatic rings. The molecule has 0 saturated heterocycles. The first-order valence-electron chi connectivity index (χ1n) is 46.6. The largest absolute Gasteiger partial charge is 0.489 e. The Labute approximate surface area is 793 Å². The fourth-order valence-electron chi connectivity index (χ4n) is 20.5. The van der Waals surface area contributed by atoms with Crippen LogP contribution in [-0.4, -0.2) is 70.3 Å². The fraction of sp³-hybridized carbons (Fsp3) is 0.186. The molecule has 0 saturated carbocycles. The molecule has 4 aliphatic rings. The second-order valence-electron chi connectivity index (χ2n) is 36.2. The van der Waals surface area contributed by atoms with Gasteiger partial charge in [0, 0.05) is 50.2 Å². The maximum Gasteiger partial charge on any atom is 0.336 e. The van der Waals surface area contributed by atoms with Gasteiger partial charge in [-0.25, -0.2) is 39.1 Å². The van der Waals surface area contributed by atoms with Crippen LogP contribution >= 0.6 is 0 Å². The average Bonchev–Trinajstić information content (AvgIpc) is 1.03. The van der Waals surface area contributed by atoms with Crippen LogP contribution in [-0.2, 0) is 32.1 Å². The topological polar surface area (TPSA) is 290 Å². The zero-order chi connectivity index (χ0) is 95.0. The van der Waals surface area contributed by atoms with Gasteiger partial charge in [-0.1, -0.05) is 194 Å². The number of hydrogen-bond donors (Lipinski definition) is 4. The molecule has 0 aliphatic heterocycles. The number of aromatic carboxylic acids is 4. The molecule has 0 bridgehead atoms. The van der Waals surface area contributed by atoms with E-state index in [9.17, 15) is 39.6 Å². The molecular formula is C118H96N4O16. The second kappa shape index (κ2) is 36.4. The molecule has 20 heteroatoms. The Morgan fingerprint density at radius 3 is 0.855 bits per heavy atom. The maximum absolute atomic E-state index is 12.5. The van der Waals surface area contributed by atoms with Crippen LogP contribution in [0.1, 0.15) is 181 Å². The monoisotopic (exact) mass is 1820 g/mol. The molecular weight excluding hydrogens is 1730 g/mol. The van der Waals surface area contributed by atoms with Gasteiger partial charge in [0.2, 0.25) is 0 Å². The van der Waals surface area contributed by atoms with Crippen LogP contribution in [0.4, 0.5) is 0 Å². The van der Waals surface area contributed by atoms with E-state index in [4.69, 9.17) is 56.6 Å². The number of rotatable bonds is 16. The van der Waals surface area contributed by atoms with E-state index in [0.717, 1.165) is 164 Å². The predicted molar refractivity (Wildman–Crippen MR) is 535 cm³/mol. The summed E-state index contributed by atoms with van der Waals surface area (Å²) in [4.78, 5) is 69.4. The predicted octanol–water partition coefficient (Wildman–Crippen LogP) is 28.4. The van der Waals surface area contributed by atoms with Crippen LogP contribution in [0, 0.1) is 55.4 Å². The number of carboxylic acid groups (broad SMARTS) is 4. The lowest BCUT2D eigenvalue weighted by Crippen LogP contribution is -2.25. The van der Waals surface area contributed by atoms with Crippen molar-refractivity contribution >= 4 is 111 Å². The summed E-state index contributed by atoms with van der Waals surface area (Å²) in [6.07, 6.45) is 8.86. The number of carbonyl (C=O) groups is 4. The minimum atomic E-state index is -1.02. The Balaban J connectivity index is 0.000000110. The number of pyridine rings is 4. The third-order valence-corrected chi connectivity index (χ3v) is 27.6. The van der Waals surface area contributed by atoms with E-state index in [1.165, 1.54) is 33.4 Å². The number of hydrogen-bond acceptors (Lipinski definition) is 16. The molecule has 24 rings (SSSR count). The van der Waals surface area contributed by atoms with E-state index in [0.29, 0.717) is 112 Å². The van der Waals surface area contributed by atoms with E-state index in [1.807, 2.05) is 231 Å². The average molecular weight is 1830 g/mol. The van der Waals surface area contributed by atoms with E-state index < -0.39 is 23.9 Å². The summed E-state index contributed by atoms with van der Waals surface area (Å²) in [5.41, 5.74) is 25.4. The number of para-hydroxylation sites is 4. The highest BCUT2D eigenvalue weighted by molar-refractivity contribution is 6.11. The van der Waals surface area contributed by atoms with Crippen molar-refractivity contribution in [3.05, 3.63) is 378 Å². The van der Waals surface area contributed by atoms with Crippen LogP contribution in [0.25, 0.3) is 133 Å². The number of aromatic nitrogens is 4. The Bertz CT molecular complexity index is 8120. The van der Waals surface area contributed by atoms with E-state index in [-0.39, 0.29) is 46.7 Å². The first kappa shape index (κ1) is 88.1. The van der Waals surface area contributed by atoms with Gasteiger partial charge in [0.15, 0.2) is 23.0 Å². The zero-order valence-corrected chi connectivity index (χ0v) is 77.3. The van der Waals surface area contributed by atoms with Crippen molar-refractivity contribution in [2.45, 2.75) is 144 Å². The number of fused-ring (bicyclic) bond motifs is 12. The first-order chi connectivity index (χ1) is 67.0. The number of nitrogens with zero attached hydrogens (tertiary/aromatic N) is 4. The lowest BCUT2D eigenvalue weighted by Gasteiger charge is -2.27. The van der Waals surface area contributed by atoms with Gasteiger partial charge in [-0.05, 0) is 253 Å². The van der Waals surface area contributed by atoms with Gasteiger partial charge in [0.25, 0.3) is 0 Å². The lowest BCUT2D eigenvalue weighted by molar-refractivity contribution is 0.0687. The number of ether oxygens (including phenoxy) is 4. The number of benzene rings is 12. The number of aryl methyl sites for hydroxylation is 12. The molecule has 0 amide bonds. The quantitative estimate of drug-likeness (QED) is 0.0699. The third kappa shape index (κ3) is 16.3. The van der Waals surface area contributed by atoms with E-state index in [1.54, 1.807) is 24.3 Å². The second-order valence-corrected chi connectivity index (χ2v) is 36.2. The van der Waals surface area contributed by atoms with Gasteiger partial charge < -0.3 is 57.0 Å². The Morgan fingerprint density at radius 2 is 0.543 bits per heavy atom. The van der Waals surface area contributed by atoms with Gasteiger partial charge in [0.05, 0.1) is 65.9 Å². The summed E-state index contributed by atoms with van der Waals surface area (Å²) >= 11 is 0. The summed E-state index contributed by atoms with van der Waals surface area (Å²) in [5.74, 6) is 0.450. The van der Waals surface area contributed by atoms with Gasteiger partial charge >= 0.3 is 23.9 Å². The van der Waals surface area contributed by atoms with Crippen LogP contribution in [0.3, 0.4) is 0 Å². The molecule has 0 unspecified atom stereocenters. The SMILES string of the molecule is Cc1c(-c2cc(C(=O)O)c3c(O[C@@H]4CCCc5ccccc54)ccc(C)c3n2)oc2ccccc12.Cc1c(-c2cc(C(=O)O)c3c(O[C@@H]4CCc5ccccc54)ccc(C)c3n2)oc2ccccc12.Cc1c(-c2cc(C(=O)O)c3c(O[C@H]4CCc5ccccc54)ccc(C)c3n2)oc2ccccc12.Cc1c(-c2cc(C(=O)O)c3c(O[C@H]4CCc5ccccc5C4)ccc(C)c3n2)oc2ccccc12. The lowest BCUT2D eigenvalue weighted by atomic mass is 9.89. The molecule has 4 N–H and O–H groups in total. The van der Waals surface area contributed by atoms with Crippen LogP contribution in [0.5, 0.6) is 23.0 Å². The van der Waals surface area contributed by atoms with Crippen molar-refractivity contribution in [2.75, 3.05) is 0 Å². The summed E-state index contributed by atoms with van der Waals surface area (Å²) < 4.78 is 50.3. The van der Waals surface area contributed by atoms with Crippen LogP contribution in [0.2, 0.25) is 0 Å².